The lowest BCUT2D eigenvalue weighted by molar-refractivity contribution is 0.344. The van der Waals surface area contributed by atoms with E-state index >= 15 is 0 Å². The summed E-state index contributed by atoms with van der Waals surface area (Å²) in [6.45, 7) is 0.781. The molecule has 3 aromatic rings. The molecule has 1 aliphatic carbocycles. The molecular weight excluding hydrogens is 362 g/mol. The highest BCUT2D eigenvalue weighted by molar-refractivity contribution is 5.91. The van der Waals surface area contributed by atoms with Crippen molar-refractivity contribution >= 4 is 28.9 Å². The molecule has 0 unspecified atom stereocenters. The van der Waals surface area contributed by atoms with Crippen LogP contribution in [0, 0.1) is 5.92 Å². The van der Waals surface area contributed by atoms with Gasteiger partial charge in [-0.1, -0.05) is 6.07 Å². The molecule has 1 aromatic carbocycles. The molecule has 2 aromatic heterocycles. The fourth-order valence-corrected chi connectivity index (χ4v) is 3.81. The maximum atomic E-state index is 5.84. The van der Waals surface area contributed by atoms with Gasteiger partial charge >= 0.3 is 0 Å². The fraction of sp³-hybridized carbons (Fsp3) is 0.348. The van der Waals surface area contributed by atoms with Gasteiger partial charge in [0.2, 0.25) is 0 Å². The van der Waals surface area contributed by atoms with Crippen molar-refractivity contribution in [2.45, 2.75) is 31.7 Å². The van der Waals surface area contributed by atoms with Crippen molar-refractivity contribution in [3.05, 3.63) is 54.1 Å². The van der Waals surface area contributed by atoms with Crippen molar-refractivity contribution in [1.82, 2.24) is 15.0 Å². The first-order valence-corrected chi connectivity index (χ1v) is 10.2. The van der Waals surface area contributed by atoms with E-state index in [0.29, 0.717) is 17.8 Å². The number of nitrogens with two attached hydrogens (primary N) is 1. The fourth-order valence-electron chi connectivity index (χ4n) is 3.81. The van der Waals surface area contributed by atoms with Gasteiger partial charge in [0.15, 0.2) is 5.82 Å². The minimum Gasteiger partial charge on any atom is -0.497 e. The molecule has 2 heterocycles. The largest absolute Gasteiger partial charge is 0.497 e. The molecule has 0 spiro atoms. The topological polar surface area (TPSA) is 86.0 Å². The molecule has 3 N–H and O–H groups in total. The van der Waals surface area contributed by atoms with E-state index in [-0.39, 0.29) is 0 Å². The van der Waals surface area contributed by atoms with Crippen LogP contribution in [0.15, 0.2) is 42.6 Å². The summed E-state index contributed by atoms with van der Waals surface area (Å²) in [5, 5.41) is 4.63. The standard InChI is InChI=1S/C23H27N5O/c1-29-19-10-11-21-20(14-19)23(26-18-7-5-16(15-24)6-8-18)28-22(27-21)12-9-17-4-2-3-13-25-17/h2-4,9-14,16,18H,5-8,15,24H2,1H3,(H,26,27,28)/b12-9+. The van der Waals surface area contributed by atoms with Crippen LogP contribution in [0.5, 0.6) is 5.75 Å². The van der Waals surface area contributed by atoms with Gasteiger partial charge in [-0.2, -0.15) is 0 Å². The Bertz CT molecular complexity index is 981. The quantitative estimate of drug-likeness (QED) is 0.659. The number of nitrogens with one attached hydrogen (secondary N) is 1. The van der Waals surface area contributed by atoms with Gasteiger partial charge in [0.05, 0.1) is 18.3 Å². The molecule has 150 valence electrons. The van der Waals surface area contributed by atoms with E-state index in [4.69, 9.17) is 20.4 Å². The number of benzene rings is 1. The summed E-state index contributed by atoms with van der Waals surface area (Å²) in [6.07, 6.45) is 10.1. The molecule has 0 amide bonds. The van der Waals surface area contributed by atoms with Gasteiger partial charge < -0.3 is 15.8 Å². The van der Waals surface area contributed by atoms with Crippen LogP contribution in [0.1, 0.15) is 37.2 Å². The SMILES string of the molecule is COc1ccc2nc(/C=C/c3ccccn3)nc(NC3CCC(CN)CC3)c2c1. The van der Waals surface area contributed by atoms with Gasteiger partial charge in [0.25, 0.3) is 0 Å². The maximum absolute atomic E-state index is 5.84. The number of ether oxygens (including phenoxy) is 1. The number of fused-ring (bicyclic) bond motifs is 1. The number of hydrogen-bond donors (Lipinski definition) is 2. The third-order valence-electron chi connectivity index (χ3n) is 5.53. The second-order valence-electron chi connectivity index (χ2n) is 7.50. The van der Waals surface area contributed by atoms with E-state index in [9.17, 15) is 0 Å². The first kappa shape index (κ1) is 19.3. The molecule has 1 fully saturated rings. The van der Waals surface area contributed by atoms with E-state index in [1.807, 2.05) is 48.6 Å². The normalized spacial score (nSPS) is 19.5. The van der Waals surface area contributed by atoms with Crippen molar-refractivity contribution in [2.75, 3.05) is 19.0 Å². The monoisotopic (exact) mass is 389 g/mol. The second-order valence-corrected chi connectivity index (χ2v) is 7.50. The van der Waals surface area contributed by atoms with Crippen LogP contribution >= 0.6 is 0 Å². The van der Waals surface area contributed by atoms with Crippen molar-refractivity contribution < 1.29 is 4.74 Å². The molecule has 0 radical (unpaired) electrons. The smallest absolute Gasteiger partial charge is 0.155 e. The lowest BCUT2D eigenvalue weighted by atomic mass is 9.86. The average Bonchev–Trinajstić information content (AvgIpc) is 2.78. The van der Waals surface area contributed by atoms with Crippen LogP contribution in [0.25, 0.3) is 23.1 Å². The Hall–Kier alpha value is -2.99. The van der Waals surface area contributed by atoms with Gasteiger partial charge in [-0.25, -0.2) is 9.97 Å². The molecule has 6 heteroatoms. The molecule has 0 bridgehead atoms. The van der Waals surface area contributed by atoms with E-state index in [1.165, 1.54) is 0 Å². The molecule has 1 saturated carbocycles. The predicted molar refractivity (Wildman–Crippen MR) is 118 cm³/mol. The van der Waals surface area contributed by atoms with E-state index in [0.717, 1.165) is 60.4 Å². The predicted octanol–water partition coefficient (Wildman–Crippen LogP) is 4.13. The van der Waals surface area contributed by atoms with Gasteiger partial charge in [-0.15, -0.1) is 0 Å². The molecule has 0 atom stereocenters. The summed E-state index contributed by atoms with van der Waals surface area (Å²) in [7, 11) is 1.67. The highest BCUT2D eigenvalue weighted by Gasteiger charge is 2.21. The van der Waals surface area contributed by atoms with Crippen molar-refractivity contribution in [2.24, 2.45) is 11.7 Å². The minimum absolute atomic E-state index is 0.398. The number of aromatic nitrogens is 3. The Morgan fingerprint density at radius 1 is 1.10 bits per heavy atom. The zero-order valence-electron chi connectivity index (χ0n) is 16.7. The van der Waals surface area contributed by atoms with Crippen LogP contribution in [0.4, 0.5) is 5.82 Å². The summed E-state index contributed by atoms with van der Waals surface area (Å²) >= 11 is 0. The highest BCUT2D eigenvalue weighted by Crippen LogP contribution is 2.30. The summed E-state index contributed by atoms with van der Waals surface area (Å²) in [5.74, 6) is 2.96. The Labute approximate surface area is 171 Å². The number of hydrogen-bond acceptors (Lipinski definition) is 6. The van der Waals surface area contributed by atoms with Crippen LogP contribution in [-0.4, -0.2) is 34.6 Å². The molecule has 0 saturated heterocycles. The van der Waals surface area contributed by atoms with E-state index in [1.54, 1.807) is 13.3 Å². The molecule has 0 aliphatic heterocycles. The summed E-state index contributed by atoms with van der Waals surface area (Å²) in [5.41, 5.74) is 7.61. The first-order valence-electron chi connectivity index (χ1n) is 10.2. The molecule has 1 aliphatic rings. The number of methoxy groups -OCH3 is 1. The molecule has 4 rings (SSSR count). The average molecular weight is 390 g/mol. The van der Waals surface area contributed by atoms with Crippen molar-refractivity contribution in [1.29, 1.82) is 0 Å². The number of anilines is 1. The Kier molecular flexibility index (Phi) is 6.00. The highest BCUT2D eigenvalue weighted by atomic mass is 16.5. The Morgan fingerprint density at radius 2 is 1.97 bits per heavy atom. The van der Waals surface area contributed by atoms with Gasteiger partial charge in [0, 0.05) is 17.6 Å². The van der Waals surface area contributed by atoms with Crippen LogP contribution < -0.4 is 15.8 Å². The minimum atomic E-state index is 0.398. The van der Waals surface area contributed by atoms with Gasteiger partial charge in [0.1, 0.15) is 11.6 Å². The molecular formula is C23H27N5O. The Morgan fingerprint density at radius 3 is 2.69 bits per heavy atom. The zero-order chi connectivity index (χ0) is 20.1. The van der Waals surface area contributed by atoms with Crippen LogP contribution in [0.3, 0.4) is 0 Å². The van der Waals surface area contributed by atoms with Crippen molar-refractivity contribution in [3.8, 4) is 5.75 Å². The lowest BCUT2D eigenvalue weighted by Crippen LogP contribution is -2.29. The van der Waals surface area contributed by atoms with Crippen molar-refractivity contribution in [3.63, 3.8) is 0 Å². The lowest BCUT2D eigenvalue weighted by Gasteiger charge is -2.29. The number of rotatable bonds is 6. The number of pyridine rings is 1. The van der Waals surface area contributed by atoms with Gasteiger partial charge in [-0.3, -0.25) is 4.98 Å². The van der Waals surface area contributed by atoms with E-state index < -0.39 is 0 Å². The second kappa shape index (κ2) is 9.01. The summed E-state index contributed by atoms with van der Waals surface area (Å²) in [6, 6.07) is 12.1. The summed E-state index contributed by atoms with van der Waals surface area (Å²) < 4.78 is 5.41. The van der Waals surface area contributed by atoms with E-state index in [2.05, 4.69) is 10.3 Å². The number of nitrogens with zero attached hydrogens (tertiary/aromatic N) is 3. The molecule has 6 nitrogen and oxygen atoms in total. The third-order valence-corrected chi connectivity index (χ3v) is 5.53. The van der Waals surface area contributed by atoms with Gasteiger partial charge in [-0.05, 0) is 80.6 Å². The molecule has 29 heavy (non-hydrogen) atoms. The van der Waals surface area contributed by atoms with Crippen LogP contribution in [0.2, 0.25) is 0 Å². The third kappa shape index (κ3) is 4.71. The summed E-state index contributed by atoms with van der Waals surface area (Å²) in [4.78, 5) is 13.8. The maximum Gasteiger partial charge on any atom is 0.155 e. The zero-order valence-corrected chi connectivity index (χ0v) is 16.7. The first-order chi connectivity index (χ1) is 14.2. The Balaban J connectivity index is 1.65. The van der Waals surface area contributed by atoms with Crippen LogP contribution in [-0.2, 0) is 0 Å².